The molecule has 3 nitrogen and oxygen atoms in total. The summed E-state index contributed by atoms with van der Waals surface area (Å²) >= 11 is 20.0. The lowest BCUT2D eigenvalue weighted by Gasteiger charge is -2.12. The van der Waals surface area contributed by atoms with E-state index in [9.17, 15) is 8.78 Å². The van der Waals surface area contributed by atoms with E-state index in [-0.39, 0.29) is 0 Å². The fraction of sp³-hybridized carbons (Fsp3) is 0.0476. The van der Waals surface area contributed by atoms with Crippen LogP contribution in [0.3, 0.4) is 0 Å². The summed E-state index contributed by atoms with van der Waals surface area (Å²) in [7, 11) is 0. The van der Waals surface area contributed by atoms with E-state index >= 15 is 0 Å². The van der Waals surface area contributed by atoms with E-state index in [2.05, 4.69) is 10.2 Å². The van der Waals surface area contributed by atoms with E-state index in [0.717, 1.165) is 12.1 Å². The second kappa shape index (κ2) is 8.94. The van der Waals surface area contributed by atoms with Crippen LogP contribution in [0.2, 0.25) is 15.1 Å². The molecule has 152 valence electrons. The first-order valence-electron chi connectivity index (χ1n) is 8.66. The van der Waals surface area contributed by atoms with E-state index in [4.69, 9.17) is 34.8 Å². The smallest absolute Gasteiger partial charge is 0.196 e. The van der Waals surface area contributed by atoms with Crippen LogP contribution in [-0.4, -0.2) is 14.8 Å². The highest BCUT2D eigenvalue weighted by Crippen LogP contribution is 2.34. The van der Waals surface area contributed by atoms with Crippen molar-refractivity contribution in [2.75, 3.05) is 0 Å². The van der Waals surface area contributed by atoms with Crippen LogP contribution >= 0.6 is 46.6 Å². The number of benzene rings is 3. The lowest BCUT2D eigenvalue weighted by atomic mass is 10.2. The fourth-order valence-electron chi connectivity index (χ4n) is 2.81. The van der Waals surface area contributed by atoms with Gasteiger partial charge in [0.1, 0.15) is 0 Å². The highest BCUT2D eigenvalue weighted by atomic mass is 35.5. The topological polar surface area (TPSA) is 30.7 Å². The average molecular weight is 483 g/mol. The molecule has 0 saturated carbocycles. The Morgan fingerprint density at radius 2 is 1.60 bits per heavy atom. The molecule has 0 spiro atoms. The largest absolute Gasteiger partial charge is 0.270 e. The molecule has 0 fully saturated rings. The van der Waals surface area contributed by atoms with Gasteiger partial charge in [-0.15, -0.1) is 10.2 Å². The second-order valence-corrected chi connectivity index (χ2v) is 8.42. The summed E-state index contributed by atoms with van der Waals surface area (Å²) in [5.41, 5.74) is 2.00. The average Bonchev–Trinajstić information content (AvgIpc) is 3.15. The van der Waals surface area contributed by atoms with Crippen LogP contribution < -0.4 is 0 Å². The summed E-state index contributed by atoms with van der Waals surface area (Å²) in [4.78, 5) is 0. The number of rotatable bonds is 5. The van der Waals surface area contributed by atoms with Crippen molar-refractivity contribution >= 4 is 46.6 Å². The number of nitrogens with zero attached hydrogens (tertiary/aromatic N) is 3. The Kier molecular flexibility index (Phi) is 6.29. The lowest BCUT2D eigenvalue weighted by Crippen LogP contribution is -2.00. The van der Waals surface area contributed by atoms with E-state index < -0.39 is 11.6 Å². The molecular weight excluding hydrogens is 471 g/mol. The summed E-state index contributed by atoms with van der Waals surface area (Å²) in [6.07, 6.45) is 0. The summed E-state index contributed by atoms with van der Waals surface area (Å²) in [5.74, 6) is -0.898. The molecule has 0 atom stereocenters. The van der Waals surface area contributed by atoms with Crippen LogP contribution in [0.4, 0.5) is 8.78 Å². The van der Waals surface area contributed by atoms with Gasteiger partial charge in [-0.1, -0.05) is 64.8 Å². The van der Waals surface area contributed by atoms with Gasteiger partial charge < -0.3 is 0 Å². The third-order valence-corrected chi connectivity index (χ3v) is 6.33. The predicted molar refractivity (Wildman–Crippen MR) is 118 cm³/mol. The summed E-state index contributed by atoms with van der Waals surface area (Å²) in [5, 5.41) is 10.5. The van der Waals surface area contributed by atoms with Crippen LogP contribution in [0.15, 0.2) is 65.8 Å². The molecule has 0 bridgehead atoms. The molecule has 0 amide bonds. The van der Waals surface area contributed by atoms with Gasteiger partial charge in [0.05, 0.1) is 20.8 Å². The van der Waals surface area contributed by atoms with Gasteiger partial charge in [0.2, 0.25) is 0 Å². The highest BCUT2D eigenvalue weighted by molar-refractivity contribution is 7.98. The zero-order valence-electron chi connectivity index (χ0n) is 15.1. The molecule has 1 heterocycles. The minimum absolute atomic E-state index is 0.360. The number of halogens is 5. The van der Waals surface area contributed by atoms with Gasteiger partial charge in [-0.05, 0) is 48.0 Å². The molecular formula is C21H12Cl3F2N3S. The second-order valence-electron chi connectivity index (χ2n) is 6.26. The van der Waals surface area contributed by atoms with Crippen LogP contribution in [0.5, 0.6) is 0 Å². The van der Waals surface area contributed by atoms with Crippen LogP contribution in [0.25, 0.3) is 17.1 Å². The minimum atomic E-state index is -0.893. The molecule has 3 aromatic carbocycles. The molecule has 0 N–H and O–H groups in total. The Morgan fingerprint density at radius 3 is 2.33 bits per heavy atom. The first kappa shape index (κ1) is 21.1. The van der Waals surface area contributed by atoms with E-state index in [1.54, 1.807) is 28.8 Å². The molecule has 1 aromatic heterocycles. The van der Waals surface area contributed by atoms with Crippen molar-refractivity contribution in [2.24, 2.45) is 0 Å². The lowest BCUT2D eigenvalue weighted by molar-refractivity contribution is 0.507. The van der Waals surface area contributed by atoms with Crippen LogP contribution in [0, 0.1) is 11.6 Å². The Balaban J connectivity index is 1.77. The number of hydrogen-bond donors (Lipinski definition) is 0. The summed E-state index contributed by atoms with van der Waals surface area (Å²) in [6.45, 7) is 0. The molecule has 4 aromatic rings. The quantitative estimate of drug-likeness (QED) is 0.276. The van der Waals surface area contributed by atoms with Crippen molar-refractivity contribution in [3.63, 3.8) is 0 Å². The van der Waals surface area contributed by atoms with Crippen molar-refractivity contribution in [2.45, 2.75) is 10.9 Å². The molecule has 30 heavy (non-hydrogen) atoms. The Bertz CT molecular complexity index is 1230. The van der Waals surface area contributed by atoms with Crippen LogP contribution in [0.1, 0.15) is 5.56 Å². The highest BCUT2D eigenvalue weighted by Gasteiger charge is 2.19. The summed E-state index contributed by atoms with van der Waals surface area (Å²) in [6, 6.07) is 16.2. The van der Waals surface area contributed by atoms with Crippen molar-refractivity contribution in [3.05, 3.63) is 92.9 Å². The minimum Gasteiger partial charge on any atom is -0.270 e. The maximum absolute atomic E-state index is 13.5. The van der Waals surface area contributed by atoms with Crippen molar-refractivity contribution < 1.29 is 8.78 Å². The normalized spacial score (nSPS) is 11.1. The fourth-order valence-corrected chi connectivity index (χ4v) is 4.22. The third kappa shape index (κ3) is 4.32. The Labute approximate surface area is 190 Å². The molecule has 0 aliphatic heterocycles. The van der Waals surface area contributed by atoms with Crippen molar-refractivity contribution in [1.82, 2.24) is 14.8 Å². The van der Waals surface area contributed by atoms with Crippen molar-refractivity contribution in [1.29, 1.82) is 0 Å². The molecule has 9 heteroatoms. The van der Waals surface area contributed by atoms with Gasteiger partial charge >= 0.3 is 0 Å². The standard InChI is InChI=1S/C21H12Cl3F2N3S/c22-15-4-2-1-3-14(15)20-27-28-21(29(20)13-6-7-16(23)17(24)10-13)30-11-12-5-8-18(25)19(26)9-12/h1-10H,11H2. The number of hydrogen-bond acceptors (Lipinski definition) is 3. The molecule has 4 rings (SSSR count). The molecule has 0 radical (unpaired) electrons. The monoisotopic (exact) mass is 481 g/mol. The first-order valence-corrected chi connectivity index (χ1v) is 10.8. The Hall–Kier alpha value is -2.12. The number of aromatic nitrogens is 3. The maximum Gasteiger partial charge on any atom is 0.196 e. The van der Waals surface area contributed by atoms with Gasteiger partial charge in [0, 0.05) is 11.3 Å². The van der Waals surface area contributed by atoms with E-state index in [1.807, 2.05) is 18.2 Å². The van der Waals surface area contributed by atoms with Gasteiger partial charge in [0.15, 0.2) is 22.6 Å². The maximum atomic E-state index is 13.5. The number of thioether (sulfide) groups is 1. The van der Waals surface area contributed by atoms with Crippen molar-refractivity contribution in [3.8, 4) is 17.1 Å². The van der Waals surface area contributed by atoms with E-state index in [1.165, 1.54) is 17.8 Å². The predicted octanol–water partition coefficient (Wildman–Crippen LogP) is 7.47. The first-order chi connectivity index (χ1) is 14.4. The zero-order valence-corrected chi connectivity index (χ0v) is 18.2. The summed E-state index contributed by atoms with van der Waals surface area (Å²) < 4.78 is 28.5. The molecule has 0 unspecified atom stereocenters. The molecule has 0 saturated heterocycles. The van der Waals surface area contributed by atoms with Gasteiger partial charge in [-0.3, -0.25) is 4.57 Å². The van der Waals surface area contributed by atoms with Gasteiger partial charge in [-0.25, -0.2) is 8.78 Å². The van der Waals surface area contributed by atoms with Gasteiger partial charge in [-0.2, -0.15) is 0 Å². The van der Waals surface area contributed by atoms with Gasteiger partial charge in [0.25, 0.3) is 0 Å². The van der Waals surface area contributed by atoms with E-state index in [0.29, 0.717) is 48.6 Å². The van der Waals surface area contributed by atoms with Crippen LogP contribution in [-0.2, 0) is 5.75 Å². The third-order valence-electron chi connectivity index (χ3n) is 4.26. The SMILES string of the molecule is Fc1ccc(CSc2nnc(-c3ccccc3Cl)n2-c2ccc(Cl)c(Cl)c2)cc1F. The Morgan fingerprint density at radius 1 is 0.800 bits per heavy atom. The zero-order chi connectivity index (χ0) is 21.3. The molecule has 0 aliphatic carbocycles. The molecule has 0 aliphatic rings.